The molecule has 0 rings (SSSR count). The number of rotatable bonds is 25. The van der Waals surface area contributed by atoms with Gasteiger partial charge in [-0.25, -0.2) is 4.79 Å². The molecule has 1 N–H and O–H groups in total. The molecule has 0 aromatic rings. The molecule has 0 radical (unpaired) electrons. The number of hydrogen-bond donors (Lipinski definition) is 1. The van der Waals surface area contributed by atoms with Crippen LogP contribution in [-0.2, 0) is 14.3 Å². The largest absolute Gasteiger partial charge is 1.00 e. The lowest BCUT2D eigenvalue weighted by Crippen LogP contribution is -3.00. The van der Waals surface area contributed by atoms with E-state index >= 15 is 0 Å². The van der Waals surface area contributed by atoms with Crippen molar-refractivity contribution in [1.82, 2.24) is 5.32 Å². The number of amides is 1. The van der Waals surface area contributed by atoms with Crippen molar-refractivity contribution in [1.29, 1.82) is 0 Å². The molecule has 0 aliphatic carbocycles. The predicted octanol–water partition coefficient (Wildman–Crippen LogP) is 5.29. The highest BCUT2D eigenvalue weighted by molar-refractivity contribution is 5.75. The number of hydrogen-bond acceptors (Lipinski definition) is 3. The Hall–Kier alpha value is -1.33. The highest BCUT2D eigenvalue weighted by atomic mass is 35.5. The first-order valence-corrected chi connectivity index (χ1v) is 15.7. The van der Waals surface area contributed by atoms with Crippen LogP contribution in [0, 0.1) is 0 Å². The minimum absolute atomic E-state index is 0. The molecule has 0 saturated carbocycles. The van der Waals surface area contributed by atoms with Crippen molar-refractivity contribution in [3.05, 3.63) is 23.3 Å². The number of carbonyl (C=O) groups excluding carboxylic acids is 2. The number of carbonyl (C=O) groups is 2. The second kappa shape index (κ2) is 26.9. The average molecular weight is 571 g/mol. The maximum Gasteiger partial charge on any atom is 0.362 e. The van der Waals surface area contributed by atoms with Gasteiger partial charge in [0, 0.05) is 19.4 Å². The number of halogens is 1. The standard InChI is InChI=1S/C33H62N2O3.ClH/c1-7-8-9-10-11-12-13-14-15-16-17-18-19-24-32(36)34-26-21-27-35(5,6)29-33(37)38-28-25-31(4)23-20-22-30(2)3;/h22,25H,7-21,23-24,26-29H2,1-6H3;1H/b31-25+;. The summed E-state index contributed by atoms with van der Waals surface area (Å²) in [5.41, 5.74) is 2.58. The Labute approximate surface area is 248 Å². The minimum atomic E-state index is -0.171. The molecule has 6 heteroatoms. The van der Waals surface area contributed by atoms with Gasteiger partial charge in [0.25, 0.3) is 0 Å². The van der Waals surface area contributed by atoms with Gasteiger partial charge < -0.3 is 26.9 Å². The van der Waals surface area contributed by atoms with E-state index < -0.39 is 0 Å². The summed E-state index contributed by atoms with van der Waals surface area (Å²) in [7, 11) is 4.08. The summed E-state index contributed by atoms with van der Waals surface area (Å²) < 4.78 is 5.98. The van der Waals surface area contributed by atoms with Gasteiger partial charge in [-0.3, -0.25) is 4.79 Å². The zero-order valence-electron chi connectivity index (χ0n) is 26.6. The second-order valence-corrected chi connectivity index (χ2v) is 12.1. The Bertz CT molecular complexity index is 670. The molecule has 0 saturated heterocycles. The van der Waals surface area contributed by atoms with E-state index in [2.05, 4.69) is 39.1 Å². The van der Waals surface area contributed by atoms with E-state index in [0.717, 1.165) is 38.6 Å². The smallest absolute Gasteiger partial charge is 0.362 e. The lowest BCUT2D eigenvalue weighted by atomic mass is 10.0. The third-order valence-corrected chi connectivity index (χ3v) is 7.09. The molecule has 0 unspecified atom stereocenters. The zero-order chi connectivity index (χ0) is 28.5. The van der Waals surface area contributed by atoms with E-state index in [4.69, 9.17) is 4.74 Å². The van der Waals surface area contributed by atoms with E-state index in [1.54, 1.807) is 0 Å². The molecule has 39 heavy (non-hydrogen) atoms. The van der Waals surface area contributed by atoms with E-state index in [1.807, 2.05) is 20.2 Å². The Morgan fingerprint density at radius 1 is 0.744 bits per heavy atom. The van der Waals surface area contributed by atoms with Gasteiger partial charge in [0.2, 0.25) is 5.91 Å². The van der Waals surface area contributed by atoms with Gasteiger partial charge in [-0.2, -0.15) is 0 Å². The summed E-state index contributed by atoms with van der Waals surface area (Å²) >= 11 is 0. The van der Waals surface area contributed by atoms with Crippen molar-refractivity contribution in [3.63, 3.8) is 0 Å². The van der Waals surface area contributed by atoms with Crippen LogP contribution in [0.4, 0.5) is 0 Å². The zero-order valence-corrected chi connectivity index (χ0v) is 27.3. The van der Waals surface area contributed by atoms with Gasteiger partial charge in [0.05, 0.1) is 20.6 Å². The molecule has 0 aliphatic rings. The molecule has 230 valence electrons. The molecular formula is C33H63ClN2O3. The first-order chi connectivity index (χ1) is 18.2. The molecule has 0 aliphatic heterocycles. The molecule has 0 fully saturated rings. The van der Waals surface area contributed by atoms with Gasteiger partial charge >= 0.3 is 5.97 Å². The molecule has 0 aromatic heterocycles. The van der Waals surface area contributed by atoms with E-state index in [-0.39, 0.29) is 24.3 Å². The number of nitrogens with zero attached hydrogens (tertiary/aromatic N) is 1. The predicted molar refractivity (Wildman–Crippen MR) is 163 cm³/mol. The lowest BCUT2D eigenvalue weighted by Gasteiger charge is -2.28. The number of unbranched alkanes of at least 4 members (excludes halogenated alkanes) is 12. The fraction of sp³-hybridized carbons (Fsp3) is 0.818. The SMILES string of the molecule is CCCCCCCCCCCCCCCC(=O)NCCC[N+](C)(C)CC(=O)OC/C=C(\C)CCC=C(C)C.[Cl-]. The van der Waals surface area contributed by atoms with Gasteiger partial charge in [-0.1, -0.05) is 101 Å². The van der Waals surface area contributed by atoms with Crippen molar-refractivity contribution in [2.45, 2.75) is 137 Å². The quantitative estimate of drug-likeness (QED) is 0.0702. The summed E-state index contributed by atoms with van der Waals surface area (Å²) in [5, 5.41) is 3.05. The highest BCUT2D eigenvalue weighted by Gasteiger charge is 2.20. The number of nitrogens with one attached hydrogen (secondary N) is 1. The molecule has 1 amide bonds. The summed E-state index contributed by atoms with van der Waals surface area (Å²) in [6, 6.07) is 0. The summed E-state index contributed by atoms with van der Waals surface area (Å²) in [5.74, 6) is -0.0145. The van der Waals surface area contributed by atoms with Crippen LogP contribution in [0.3, 0.4) is 0 Å². The molecule has 0 atom stereocenters. The van der Waals surface area contributed by atoms with Crippen LogP contribution in [0.5, 0.6) is 0 Å². The fourth-order valence-electron chi connectivity index (χ4n) is 4.57. The molecule has 0 spiro atoms. The van der Waals surface area contributed by atoms with Gasteiger partial charge in [0.15, 0.2) is 6.54 Å². The Morgan fingerprint density at radius 2 is 1.28 bits per heavy atom. The van der Waals surface area contributed by atoms with Crippen molar-refractivity contribution < 1.29 is 31.2 Å². The topological polar surface area (TPSA) is 55.4 Å². The third kappa shape index (κ3) is 29.5. The van der Waals surface area contributed by atoms with Crippen LogP contribution in [0.2, 0.25) is 0 Å². The minimum Gasteiger partial charge on any atom is -1.00 e. The Kier molecular flexibility index (Phi) is 27.4. The Balaban J connectivity index is 0. The lowest BCUT2D eigenvalue weighted by molar-refractivity contribution is -0.883. The molecule has 5 nitrogen and oxygen atoms in total. The Morgan fingerprint density at radius 3 is 1.82 bits per heavy atom. The van der Waals surface area contributed by atoms with Crippen molar-refractivity contribution >= 4 is 11.9 Å². The molecular weight excluding hydrogens is 508 g/mol. The van der Waals surface area contributed by atoms with Crippen LogP contribution in [0.25, 0.3) is 0 Å². The first kappa shape index (κ1) is 39.8. The van der Waals surface area contributed by atoms with Crippen molar-refractivity contribution in [3.8, 4) is 0 Å². The molecule has 0 heterocycles. The number of ether oxygens (including phenoxy) is 1. The van der Waals surface area contributed by atoms with Gasteiger partial charge in [0.1, 0.15) is 6.61 Å². The van der Waals surface area contributed by atoms with Gasteiger partial charge in [-0.15, -0.1) is 0 Å². The molecule has 0 aromatic carbocycles. The fourth-order valence-corrected chi connectivity index (χ4v) is 4.57. The number of quaternary nitrogens is 1. The first-order valence-electron chi connectivity index (χ1n) is 15.7. The number of esters is 1. The van der Waals surface area contributed by atoms with Crippen LogP contribution >= 0.6 is 0 Å². The van der Waals surface area contributed by atoms with Crippen LogP contribution in [-0.4, -0.2) is 56.7 Å². The summed E-state index contributed by atoms with van der Waals surface area (Å²) in [6.07, 6.45) is 24.9. The average Bonchev–Trinajstić information content (AvgIpc) is 2.84. The number of likely N-dealkylation sites (N-methyl/N-ethyl adjacent to an activating group) is 1. The normalized spacial score (nSPS) is 11.6. The monoisotopic (exact) mass is 570 g/mol. The van der Waals surface area contributed by atoms with Crippen molar-refractivity contribution in [2.24, 2.45) is 0 Å². The molecule has 0 bridgehead atoms. The number of allylic oxidation sites excluding steroid dienone is 3. The van der Waals surface area contributed by atoms with Crippen LogP contribution in [0.15, 0.2) is 23.3 Å². The summed E-state index contributed by atoms with van der Waals surface area (Å²) in [4.78, 5) is 24.4. The third-order valence-electron chi connectivity index (χ3n) is 7.09. The van der Waals surface area contributed by atoms with E-state index in [1.165, 1.54) is 81.8 Å². The van der Waals surface area contributed by atoms with E-state index in [0.29, 0.717) is 30.6 Å². The van der Waals surface area contributed by atoms with Crippen LogP contribution in [0.1, 0.15) is 137 Å². The van der Waals surface area contributed by atoms with Gasteiger partial charge in [-0.05, 0) is 46.1 Å². The maximum absolute atomic E-state index is 12.2. The van der Waals surface area contributed by atoms with Crippen molar-refractivity contribution in [2.75, 3.05) is 40.3 Å². The van der Waals surface area contributed by atoms with E-state index in [9.17, 15) is 9.59 Å². The summed E-state index contributed by atoms with van der Waals surface area (Å²) in [6.45, 7) is 10.7. The highest BCUT2D eigenvalue weighted by Crippen LogP contribution is 2.13. The second-order valence-electron chi connectivity index (χ2n) is 12.1. The van der Waals surface area contributed by atoms with Crippen LogP contribution < -0.4 is 17.7 Å². The maximum atomic E-state index is 12.2.